The molecule has 0 aliphatic carbocycles. The van der Waals surface area contributed by atoms with Gasteiger partial charge in [0.2, 0.25) is 0 Å². The zero-order chi connectivity index (χ0) is 14.8. The first-order chi connectivity index (χ1) is 9.37. The van der Waals surface area contributed by atoms with Gasteiger partial charge in [-0.25, -0.2) is 4.79 Å². The minimum Gasteiger partial charge on any atom is -0.459 e. The molecule has 1 aliphatic rings. The van der Waals surface area contributed by atoms with Crippen LogP contribution >= 0.6 is 0 Å². The Kier molecular flexibility index (Phi) is 4.30. The smallest absolute Gasteiger partial charge is 0.338 e. The minimum atomic E-state index is -0.593. The highest BCUT2D eigenvalue weighted by Gasteiger charge is 2.33. The van der Waals surface area contributed by atoms with Crippen LogP contribution < -0.4 is 4.90 Å². The second kappa shape index (κ2) is 5.81. The summed E-state index contributed by atoms with van der Waals surface area (Å²) < 4.78 is 16.2. The third-order valence-electron chi connectivity index (χ3n) is 3.09. The fourth-order valence-corrected chi connectivity index (χ4v) is 1.99. The van der Waals surface area contributed by atoms with Gasteiger partial charge in [-0.15, -0.1) is 0 Å². The fourth-order valence-electron chi connectivity index (χ4n) is 1.99. The van der Waals surface area contributed by atoms with Gasteiger partial charge in [0, 0.05) is 19.8 Å². The Labute approximate surface area is 119 Å². The van der Waals surface area contributed by atoms with Crippen molar-refractivity contribution in [1.82, 2.24) is 0 Å². The van der Waals surface area contributed by atoms with Crippen LogP contribution in [0.1, 0.15) is 24.2 Å². The quantitative estimate of drug-likeness (QED) is 0.790. The molecule has 1 unspecified atom stereocenters. The molecular weight excluding hydrogens is 258 g/mol. The van der Waals surface area contributed by atoms with E-state index in [0.717, 1.165) is 5.69 Å². The number of hydrogen-bond acceptors (Lipinski definition) is 5. The number of anilines is 1. The fraction of sp³-hybridized carbons (Fsp3) is 0.533. The van der Waals surface area contributed by atoms with Crippen molar-refractivity contribution >= 4 is 11.7 Å². The number of carbonyl (C=O) groups is 1. The molecule has 5 heteroatoms. The molecular formula is C15H21NO4. The van der Waals surface area contributed by atoms with Gasteiger partial charge in [-0.05, 0) is 38.1 Å². The zero-order valence-electron chi connectivity index (χ0n) is 12.4. The molecule has 1 heterocycles. The van der Waals surface area contributed by atoms with Crippen LogP contribution in [0.3, 0.4) is 0 Å². The number of carbonyl (C=O) groups excluding carboxylic acids is 1. The molecule has 2 rings (SSSR count). The Morgan fingerprint density at radius 2 is 2.00 bits per heavy atom. The Bertz CT molecular complexity index is 467. The van der Waals surface area contributed by atoms with Crippen LogP contribution in [0.4, 0.5) is 5.69 Å². The van der Waals surface area contributed by atoms with Gasteiger partial charge in [0.1, 0.15) is 12.7 Å². The van der Waals surface area contributed by atoms with Gasteiger partial charge in [0.25, 0.3) is 0 Å². The van der Waals surface area contributed by atoms with E-state index in [1.165, 1.54) is 0 Å². The van der Waals surface area contributed by atoms with Crippen molar-refractivity contribution in [2.24, 2.45) is 0 Å². The van der Waals surface area contributed by atoms with Gasteiger partial charge in [-0.1, -0.05) is 0 Å². The zero-order valence-corrected chi connectivity index (χ0v) is 12.4. The maximum absolute atomic E-state index is 11.9. The summed E-state index contributed by atoms with van der Waals surface area (Å²) in [6.07, 6.45) is -0.199. The maximum Gasteiger partial charge on any atom is 0.338 e. The van der Waals surface area contributed by atoms with Crippen molar-refractivity contribution in [2.75, 3.05) is 32.2 Å². The number of ether oxygens (including phenoxy) is 3. The SMILES string of the molecule is CN(C)c1ccc(C(=O)OCC2COC(C)(C)O2)cc1. The topological polar surface area (TPSA) is 48.0 Å². The lowest BCUT2D eigenvalue weighted by molar-refractivity contribution is -0.142. The summed E-state index contributed by atoms with van der Waals surface area (Å²) in [7, 11) is 3.90. The van der Waals surface area contributed by atoms with Crippen LogP contribution in [0.25, 0.3) is 0 Å². The predicted octanol–water partition coefficient (Wildman–Crippen LogP) is 2.06. The molecule has 1 saturated heterocycles. The number of esters is 1. The van der Waals surface area contributed by atoms with Crippen LogP contribution in [0.2, 0.25) is 0 Å². The molecule has 1 aliphatic heterocycles. The molecule has 0 amide bonds. The summed E-state index contributed by atoms with van der Waals surface area (Å²) >= 11 is 0. The van der Waals surface area contributed by atoms with E-state index in [9.17, 15) is 4.79 Å². The Morgan fingerprint density at radius 3 is 2.50 bits per heavy atom. The molecule has 110 valence electrons. The summed E-state index contributed by atoms with van der Waals surface area (Å²) in [5, 5.41) is 0. The molecule has 1 aromatic carbocycles. The first-order valence-corrected chi connectivity index (χ1v) is 6.64. The third kappa shape index (κ3) is 3.71. The molecule has 1 atom stereocenters. The highest BCUT2D eigenvalue weighted by molar-refractivity contribution is 5.89. The highest BCUT2D eigenvalue weighted by Crippen LogP contribution is 2.22. The molecule has 1 aromatic rings. The normalized spacial score (nSPS) is 20.7. The van der Waals surface area contributed by atoms with Crippen molar-refractivity contribution in [2.45, 2.75) is 25.7 Å². The molecule has 0 spiro atoms. The van der Waals surface area contributed by atoms with E-state index in [2.05, 4.69) is 0 Å². The molecule has 5 nitrogen and oxygen atoms in total. The monoisotopic (exact) mass is 279 g/mol. The van der Waals surface area contributed by atoms with Crippen LogP contribution in [0, 0.1) is 0 Å². The Hall–Kier alpha value is -1.59. The highest BCUT2D eigenvalue weighted by atomic mass is 16.7. The average Bonchev–Trinajstić information content (AvgIpc) is 2.75. The van der Waals surface area contributed by atoms with E-state index in [4.69, 9.17) is 14.2 Å². The van der Waals surface area contributed by atoms with Gasteiger partial charge in [-0.2, -0.15) is 0 Å². The Morgan fingerprint density at radius 1 is 1.35 bits per heavy atom. The van der Waals surface area contributed by atoms with Crippen molar-refractivity contribution < 1.29 is 19.0 Å². The van der Waals surface area contributed by atoms with Gasteiger partial charge in [0.05, 0.1) is 12.2 Å². The van der Waals surface area contributed by atoms with Gasteiger partial charge in [-0.3, -0.25) is 0 Å². The lowest BCUT2D eigenvalue weighted by Gasteiger charge is -2.17. The molecule has 1 fully saturated rings. The van der Waals surface area contributed by atoms with Crippen LogP contribution in [-0.2, 0) is 14.2 Å². The largest absolute Gasteiger partial charge is 0.459 e. The van der Waals surface area contributed by atoms with Crippen LogP contribution in [0.15, 0.2) is 24.3 Å². The summed E-state index contributed by atoms with van der Waals surface area (Å²) in [5.74, 6) is -0.937. The van der Waals surface area contributed by atoms with Crippen molar-refractivity contribution in [1.29, 1.82) is 0 Å². The second-order valence-corrected chi connectivity index (χ2v) is 5.49. The Balaban J connectivity index is 1.86. The van der Waals surface area contributed by atoms with Crippen molar-refractivity contribution in [3.8, 4) is 0 Å². The summed E-state index contributed by atoms with van der Waals surface area (Å²) in [6, 6.07) is 7.28. The van der Waals surface area contributed by atoms with E-state index >= 15 is 0 Å². The summed E-state index contributed by atoms with van der Waals surface area (Å²) in [6.45, 7) is 4.33. The second-order valence-electron chi connectivity index (χ2n) is 5.49. The lowest BCUT2D eigenvalue weighted by atomic mass is 10.2. The van der Waals surface area contributed by atoms with E-state index in [0.29, 0.717) is 12.2 Å². The van der Waals surface area contributed by atoms with E-state index < -0.39 is 5.79 Å². The van der Waals surface area contributed by atoms with Crippen LogP contribution in [-0.4, -0.2) is 45.2 Å². The molecule has 0 bridgehead atoms. The first kappa shape index (κ1) is 14.8. The van der Waals surface area contributed by atoms with Crippen LogP contribution in [0.5, 0.6) is 0 Å². The summed E-state index contributed by atoms with van der Waals surface area (Å²) in [4.78, 5) is 13.9. The van der Waals surface area contributed by atoms with Gasteiger partial charge < -0.3 is 19.1 Å². The molecule has 20 heavy (non-hydrogen) atoms. The predicted molar refractivity (Wildman–Crippen MR) is 76.0 cm³/mol. The number of nitrogens with zero attached hydrogens (tertiary/aromatic N) is 1. The van der Waals surface area contributed by atoms with Crippen molar-refractivity contribution in [3.05, 3.63) is 29.8 Å². The minimum absolute atomic E-state index is 0.199. The lowest BCUT2D eigenvalue weighted by Crippen LogP contribution is -2.25. The van der Waals surface area contributed by atoms with E-state index in [-0.39, 0.29) is 18.7 Å². The first-order valence-electron chi connectivity index (χ1n) is 6.64. The summed E-state index contributed by atoms with van der Waals surface area (Å²) in [5.41, 5.74) is 1.57. The standard InChI is InChI=1S/C15H21NO4/c1-15(2)19-10-13(20-15)9-18-14(17)11-5-7-12(8-6-11)16(3)4/h5-8,13H,9-10H2,1-4H3. The molecule has 0 N–H and O–H groups in total. The van der Waals surface area contributed by atoms with Crippen molar-refractivity contribution in [3.63, 3.8) is 0 Å². The number of rotatable bonds is 4. The molecule has 0 radical (unpaired) electrons. The molecule has 0 saturated carbocycles. The van der Waals surface area contributed by atoms with Gasteiger partial charge in [0.15, 0.2) is 5.79 Å². The maximum atomic E-state index is 11.9. The van der Waals surface area contributed by atoms with E-state index in [1.54, 1.807) is 12.1 Å². The molecule has 0 aromatic heterocycles. The third-order valence-corrected chi connectivity index (χ3v) is 3.09. The van der Waals surface area contributed by atoms with E-state index in [1.807, 2.05) is 45.0 Å². The number of benzene rings is 1. The van der Waals surface area contributed by atoms with Gasteiger partial charge >= 0.3 is 5.97 Å². The average molecular weight is 279 g/mol. The number of hydrogen-bond donors (Lipinski definition) is 0.